The number of hydrogen-bond acceptors (Lipinski definition) is 1. The Morgan fingerprint density at radius 2 is 1.35 bits per heavy atom. The summed E-state index contributed by atoms with van der Waals surface area (Å²) < 4.78 is 2.42. The Bertz CT molecular complexity index is 2390. The molecule has 8 aromatic rings. The highest BCUT2D eigenvalue weighted by molar-refractivity contribution is 7.19. The molecule has 0 saturated heterocycles. The lowest BCUT2D eigenvalue weighted by molar-refractivity contribution is 0.996. The van der Waals surface area contributed by atoms with E-state index >= 15 is 0 Å². The zero-order valence-electron chi connectivity index (χ0n) is 25.2. The van der Waals surface area contributed by atoms with Gasteiger partial charge in [-0.15, -0.1) is 11.3 Å². The van der Waals surface area contributed by atoms with Gasteiger partial charge in [-0.1, -0.05) is 121 Å². The second-order valence-electron chi connectivity index (χ2n) is 11.8. The highest BCUT2D eigenvalue weighted by Gasteiger charge is 2.25. The number of benzene rings is 5. The number of para-hydroxylation sites is 2. The molecule has 46 heavy (non-hydrogen) atoms. The molecule has 0 saturated carbocycles. The van der Waals surface area contributed by atoms with E-state index < -0.39 is 0 Å². The van der Waals surface area contributed by atoms with Gasteiger partial charge in [0.05, 0.1) is 11.0 Å². The first-order chi connectivity index (χ1) is 22.8. The third-order valence-electron chi connectivity index (χ3n) is 9.16. The maximum atomic E-state index is 3.45. The Hall–Kier alpha value is -5.62. The average Bonchev–Trinajstić information content (AvgIpc) is 3.68. The van der Waals surface area contributed by atoms with Gasteiger partial charge in [0.2, 0.25) is 0 Å². The number of fused-ring (bicyclic) bond motifs is 4. The maximum Gasteiger partial charge on any atom is 0.0547 e. The smallest absolute Gasteiger partial charge is 0.0547 e. The Labute approximate surface area is 273 Å². The predicted octanol–water partition coefficient (Wildman–Crippen LogP) is 12.1. The summed E-state index contributed by atoms with van der Waals surface area (Å²) in [5.41, 5.74) is 13.7. The van der Waals surface area contributed by atoms with E-state index in [9.17, 15) is 0 Å². The minimum atomic E-state index is 1.02. The largest absolute Gasteiger partial charge is 0.309 e. The van der Waals surface area contributed by atoms with Crippen LogP contribution in [0.3, 0.4) is 0 Å². The lowest BCUT2D eigenvalue weighted by atomic mass is 9.89. The summed E-state index contributed by atoms with van der Waals surface area (Å²) in [6.45, 7) is 0. The Balaban J connectivity index is 1.37. The molecule has 0 spiro atoms. The van der Waals surface area contributed by atoms with Crippen LogP contribution in [0.25, 0.3) is 76.7 Å². The van der Waals surface area contributed by atoms with Crippen molar-refractivity contribution < 1.29 is 0 Å². The lowest BCUT2D eigenvalue weighted by Gasteiger charge is -2.14. The van der Waals surface area contributed by atoms with Crippen LogP contribution in [0.4, 0.5) is 0 Å². The Morgan fingerprint density at radius 1 is 0.587 bits per heavy atom. The van der Waals surface area contributed by atoms with Gasteiger partial charge in [-0.3, -0.25) is 0 Å². The van der Waals surface area contributed by atoms with E-state index in [4.69, 9.17) is 0 Å². The van der Waals surface area contributed by atoms with E-state index in [1.165, 1.54) is 76.2 Å². The van der Waals surface area contributed by atoms with E-state index in [1.54, 1.807) is 0 Å². The Morgan fingerprint density at radius 3 is 2.17 bits per heavy atom. The SMILES string of the molecule is c1cccc(-c2cc3c4ccccc4n(-c4ccccc4)c3cc2-c2sc(-c3ccccc3-c3ccccc3)c3c2CCC=C3)c#1. The van der Waals surface area contributed by atoms with Crippen molar-refractivity contribution in [1.82, 2.24) is 4.57 Å². The van der Waals surface area contributed by atoms with E-state index in [0.717, 1.165) is 18.4 Å². The molecule has 0 radical (unpaired) electrons. The average molecular weight is 604 g/mol. The van der Waals surface area contributed by atoms with Crippen LogP contribution in [0.1, 0.15) is 17.5 Å². The van der Waals surface area contributed by atoms with Crippen LogP contribution in [0.15, 0.2) is 146 Å². The number of thiophene rings is 1. The molecular weight excluding hydrogens is 575 g/mol. The fourth-order valence-electron chi connectivity index (χ4n) is 7.09. The van der Waals surface area contributed by atoms with Gasteiger partial charge in [0.15, 0.2) is 0 Å². The summed E-state index contributed by atoms with van der Waals surface area (Å²) in [6.07, 6.45) is 6.76. The molecule has 216 valence electrons. The predicted molar refractivity (Wildman–Crippen MR) is 195 cm³/mol. The van der Waals surface area contributed by atoms with E-state index in [2.05, 4.69) is 162 Å². The molecule has 0 unspecified atom stereocenters. The summed E-state index contributed by atoms with van der Waals surface area (Å²) in [5, 5.41) is 2.50. The van der Waals surface area contributed by atoms with Crippen LogP contribution < -0.4 is 0 Å². The first-order valence-electron chi connectivity index (χ1n) is 15.8. The molecule has 1 nitrogen and oxygen atoms in total. The van der Waals surface area contributed by atoms with Gasteiger partial charge in [0.1, 0.15) is 0 Å². The monoisotopic (exact) mass is 603 g/mol. The van der Waals surface area contributed by atoms with Crippen molar-refractivity contribution >= 4 is 39.2 Å². The van der Waals surface area contributed by atoms with Crippen LogP contribution in [0.5, 0.6) is 0 Å². The van der Waals surface area contributed by atoms with Gasteiger partial charge < -0.3 is 4.57 Å². The van der Waals surface area contributed by atoms with Crippen molar-refractivity contribution in [1.29, 1.82) is 0 Å². The molecular formula is C44H29NS. The molecule has 1 aliphatic rings. The van der Waals surface area contributed by atoms with Crippen molar-refractivity contribution in [2.24, 2.45) is 0 Å². The lowest BCUT2D eigenvalue weighted by Crippen LogP contribution is -1.96. The minimum Gasteiger partial charge on any atom is -0.309 e. The second-order valence-corrected chi connectivity index (χ2v) is 12.8. The number of rotatable bonds is 5. The highest BCUT2D eigenvalue weighted by atomic mass is 32.1. The van der Waals surface area contributed by atoms with Gasteiger partial charge in [-0.25, -0.2) is 0 Å². The molecule has 1 aliphatic carbocycles. The highest BCUT2D eigenvalue weighted by Crippen LogP contribution is 2.50. The molecule has 0 amide bonds. The number of hydrogen-bond donors (Lipinski definition) is 0. The van der Waals surface area contributed by atoms with Gasteiger partial charge in [0, 0.05) is 42.9 Å². The Kier molecular flexibility index (Phi) is 6.44. The van der Waals surface area contributed by atoms with Crippen LogP contribution in [0.2, 0.25) is 0 Å². The van der Waals surface area contributed by atoms with Crippen molar-refractivity contribution in [2.45, 2.75) is 12.8 Å². The number of aromatic nitrogens is 1. The molecule has 2 aromatic heterocycles. The fourth-order valence-corrected chi connectivity index (χ4v) is 8.50. The third kappa shape index (κ3) is 4.32. The van der Waals surface area contributed by atoms with Gasteiger partial charge in [-0.05, 0) is 83.1 Å². The van der Waals surface area contributed by atoms with E-state index in [0.29, 0.717) is 0 Å². The van der Waals surface area contributed by atoms with Gasteiger partial charge in [-0.2, -0.15) is 0 Å². The number of nitrogens with zero attached hydrogens (tertiary/aromatic N) is 1. The fraction of sp³-hybridized carbons (Fsp3) is 0.0455. The van der Waals surface area contributed by atoms with Crippen LogP contribution in [-0.2, 0) is 6.42 Å². The molecule has 6 aromatic carbocycles. The zero-order valence-corrected chi connectivity index (χ0v) is 26.0. The summed E-state index contributed by atoms with van der Waals surface area (Å²) in [4.78, 5) is 2.68. The van der Waals surface area contributed by atoms with Crippen molar-refractivity contribution in [3.63, 3.8) is 0 Å². The third-order valence-corrected chi connectivity index (χ3v) is 10.5. The van der Waals surface area contributed by atoms with E-state index in [1.807, 2.05) is 17.4 Å². The first kappa shape index (κ1) is 26.8. The molecule has 2 heterocycles. The quantitative estimate of drug-likeness (QED) is 0.184. The molecule has 0 atom stereocenters. The molecule has 0 N–H and O–H groups in total. The second kappa shape index (κ2) is 11.1. The summed E-state index contributed by atoms with van der Waals surface area (Å²) in [7, 11) is 0. The minimum absolute atomic E-state index is 1.02. The van der Waals surface area contributed by atoms with Gasteiger partial charge >= 0.3 is 0 Å². The zero-order chi connectivity index (χ0) is 30.5. The van der Waals surface area contributed by atoms with Crippen LogP contribution >= 0.6 is 11.3 Å². The summed E-state index contributed by atoms with van der Waals surface area (Å²) in [6, 6.07) is 56.8. The topological polar surface area (TPSA) is 4.93 Å². The van der Waals surface area contributed by atoms with Crippen LogP contribution in [-0.4, -0.2) is 4.57 Å². The molecule has 9 rings (SSSR count). The normalized spacial score (nSPS) is 12.3. The maximum absolute atomic E-state index is 3.45. The first-order valence-corrected chi connectivity index (χ1v) is 16.7. The van der Waals surface area contributed by atoms with Gasteiger partial charge in [0.25, 0.3) is 0 Å². The van der Waals surface area contributed by atoms with Crippen LogP contribution in [0, 0.1) is 12.1 Å². The molecule has 0 bridgehead atoms. The van der Waals surface area contributed by atoms with Crippen molar-refractivity contribution in [2.75, 3.05) is 0 Å². The summed E-state index contributed by atoms with van der Waals surface area (Å²) in [5.74, 6) is 0. The molecule has 2 heteroatoms. The standard InChI is InChI=1S/C44H29NS/c1-4-16-30(17-5-1)33-22-10-11-24-35(33)43-36-25-12-13-26-37(36)44(46-43)40-29-42-39(28-38(40)31-18-6-2-7-19-31)34-23-14-15-27-41(34)45(42)32-20-8-3-9-21-32/h1-6,8-12,14-18,20-25,27-29H,13,26H2. The van der Waals surface area contributed by atoms with Crippen molar-refractivity contribution in [3.8, 4) is 48.8 Å². The van der Waals surface area contributed by atoms with E-state index in [-0.39, 0.29) is 0 Å². The van der Waals surface area contributed by atoms with Crippen molar-refractivity contribution in [3.05, 3.63) is 169 Å². The number of allylic oxidation sites excluding steroid dienone is 1. The summed E-state index contributed by atoms with van der Waals surface area (Å²) >= 11 is 1.93. The molecule has 0 aliphatic heterocycles. The molecule has 0 fully saturated rings.